The van der Waals surface area contributed by atoms with Crippen molar-refractivity contribution < 1.29 is 13.6 Å². The number of amides is 1. The molecule has 7 heteroatoms. The summed E-state index contributed by atoms with van der Waals surface area (Å²) in [6.45, 7) is 4.07. The van der Waals surface area contributed by atoms with Gasteiger partial charge in [-0.2, -0.15) is 0 Å². The zero-order valence-corrected chi connectivity index (χ0v) is 14.5. The Bertz CT molecular complexity index is 990. The highest BCUT2D eigenvalue weighted by molar-refractivity contribution is 5.95. The second-order valence-corrected chi connectivity index (χ2v) is 5.90. The van der Waals surface area contributed by atoms with Gasteiger partial charge in [0.05, 0.1) is 17.6 Å². The van der Waals surface area contributed by atoms with E-state index in [2.05, 4.69) is 10.3 Å². The van der Waals surface area contributed by atoms with E-state index in [9.17, 15) is 14.0 Å². The molecule has 0 bridgehead atoms. The van der Waals surface area contributed by atoms with Crippen molar-refractivity contribution >= 4 is 5.91 Å². The molecule has 0 aliphatic rings. The number of halogens is 1. The molecule has 0 radical (unpaired) electrons. The van der Waals surface area contributed by atoms with Crippen molar-refractivity contribution in [2.45, 2.75) is 20.4 Å². The van der Waals surface area contributed by atoms with Gasteiger partial charge >= 0.3 is 0 Å². The van der Waals surface area contributed by atoms with Crippen LogP contribution in [0.4, 0.5) is 4.39 Å². The van der Waals surface area contributed by atoms with Crippen molar-refractivity contribution in [3.63, 3.8) is 0 Å². The average molecular weight is 355 g/mol. The molecule has 0 aliphatic carbocycles. The summed E-state index contributed by atoms with van der Waals surface area (Å²) in [7, 11) is 0. The first-order valence-electron chi connectivity index (χ1n) is 8.11. The summed E-state index contributed by atoms with van der Waals surface area (Å²) in [5.41, 5.74) is 1.37. The first kappa shape index (κ1) is 17.6. The monoisotopic (exact) mass is 355 g/mol. The third kappa shape index (κ3) is 3.88. The Morgan fingerprint density at radius 3 is 2.58 bits per heavy atom. The summed E-state index contributed by atoms with van der Waals surface area (Å²) in [6, 6.07) is 8.83. The van der Waals surface area contributed by atoms with Crippen molar-refractivity contribution in [2.75, 3.05) is 6.54 Å². The molecule has 2 heterocycles. The van der Waals surface area contributed by atoms with Gasteiger partial charge in [0.25, 0.3) is 11.5 Å². The number of nitrogens with zero attached hydrogens (tertiary/aromatic N) is 2. The van der Waals surface area contributed by atoms with Crippen LogP contribution in [0.25, 0.3) is 11.3 Å². The maximum atomic E-state index is 13.0. The number of carbonyl (C=O) groups is 1. The normalized spacial score (nSPS) is 10.7. The Labute approximate surface area is 149 Å². The van der Waals surface area contributed by atoms with Crippen LogP contribution in [0.1, 0.15) is 21.9 Å². The van der Waals surface area contributed by atoms with Crippen LogP contribution in [0.15, 0.2) is 51.9 Å². The highest BCUT2D eigenvalue weighted by Crippen LogP contribution is 2.15. The van der Waals surface area contributed by atoms with Crippen LogP contribution in [0.2, 0.25) is 0 Å². The predicted molar refractivity (Wildman–Crippen MR) is 94.4 cm³/mol. The minimum Gasteiger partial charge on any atom is -0.466 e. The lowest BCUT2D eigenvalue weighted by molar-refractivity contribution is 0.0950. The molecule has 0 atom stereocenters. The number of benzene rings is 1. The summed E-state index contributed by atoms with van der Waals surface area (Å²) < 4.78 is 19.7. The number of carbonyl (C=O) groups excluding carboxylic acids is 1. The Balaban J connectivity index is 1.64. The lowest BCUT2D eigenvalue weighted by Gasteiger charge is -2.08. The third-order valence-corrected chi connectivity index (χ3v) is 3.94. The highest BCUT2D eigenvalue weighted by Gasteiger charge is 2.13. The second-order valence-electron chi connectivity index (χ2n) is 5.90. The van der Waals surface area contributed by atoms with Crippen molar-refractivity contribution in [3.8, 4) is 11.3 Å². The minimum absolute atomic E-state index is 0.246. The number of hydrogen-bond donors (Lipinski definition) is 1. The maximum Gasteiger partial charge on any atom is 0.254 e. The number of aryl methyl sites for hydroxylation is 2. The summed E-state index contributed by atoms with van der Waals surface area (Å²) in [5, 5.41) is 2.75. The lowest BCUT2D eigenvalue weighted by atomic mass is 10.1. The van der Waals surface area contributed by atoms with Gasteiger partial charge in [0.2, 0.25) is 0 Å². The molecular weight excluding hydrogens is 337 g/mol. The number of rotatable bonds is 5. The summed E-state index contributed by atoms with van der Waals surface area (Å²) >= 11 is 0. The molecule has 1 amide bonds. The maximum absolute atomic E-state index is 13.0. The van der Waals surface area contributed by atoms with Crippen molar-refractivity contribution in [1.82, 2.24) is 14.9 Å². The van der Waals surface area contributed by atoms with Crippen LogP contribution in [-0.4, -0.2) is 22.0 Å². The molecule has 0 saturated carbocycles. The van der Waals surface area contributed by atoms with Crippen LogP contribution < -0.4 is 10.9 Å². The molecule has 1 N–H and O–H groups in total. The van der Waals surface area contributed by atoms with Gasteiger partial charge in [-0.15, -0.1) is 0 Å². The molecular formula is C19H18FN3O3. The van der Waals surface area contributed by atoms with E-state index in [1.807, 2.05) is 0 Å². The van der Waals surface area contributed by atoms with Crippen molar-refractivity contribution in [2.24, 2.45) is 0 Å². The molecule has 3 aromatic rings. The highest BCUT2D eigenvalue weighted by atomic mass is 19.1. The van der Waals surface area contributed by atoms with E-state index in [4.69, 9.17) is 4.42 Å². The Morgan fingerprint density at radius 1 is 1.23 bits per heavy atom. The van der Waals surface area contributed by atoms with Gasteiger partial charge in [-0.25, -0.2) is 9.37 Å². The van der Waals surface area contributed by atoms with Crippen LogP contribution in [0, 0.1) is 19.7 Å². The number of furan rings is 1. The van der Waals surface area contributed by atoms with E-state index in [1.165, 1.54) is 29.1 Å². The SMILES string of the molecule is Cc1cc(C(=O)NCCn2cnc(-c3ccc(F)cc3)cc2=O)c(C)o1. The van der Waals surface area contributed by atoms with E-state index in [0.29, 0.717) is 28.3 Å². The fourth-order valence-corrected chi connectivity index (χ4v) is 2.61. The Morgan fingerprint density at radius 2 is 1.96 bits per heavy atom. The smallest absolute Gasteiger partial charge is 0.254 e. The van der Waals surface area contributed by atoms with Crippen LogP contribution in [-0.2, 0) is 6.54 Å². The van der Waals surface area contributed by atoms with Gasteiger partial charge in [0.1, 0.15) is 17.3 Å². The number of hydrogen-bond acceptors (Lipinski definition) is 4. The molecule has 0 spiro atoms. The topological polar surface area (TPSA) is 77.1 Å². The van der Waals surface area contributed by atoms with E-state index >= 15 is 0 Å². The third-order valence-electron chi connectivity index (χ3n) is 3.94. The van der Waals surface area contributed by atoms with Crippen molar-refractivity contribution in [1.29, 1.82) is 0 Å². The molecule has 0 saturated heterocycles. The van der Waals surface area contributed by atoms with Gasteiger partial charge in [-0.1, -0.05) is 0 Å². The second kappa shape index (κ2) is 7.35. The molecule has 2 aromatic heterocycles. The fraction of sp³-hybridized carbons (Fsp3) is 0.211. The molecule has 0 unspecified atom stereocenters. The van der Waals surface area contributed by atoms with Gasteiger partial charge in [0, 0.05) is 24.7 Å². The Kier molecular flexibility index (Phi) is 4.97. The number of nitrogens with one attached hydrogen (secondary N) is 1. The van der Waals surface area contributed by atoms with E-state index in [0.717, 1.165) is 0 Å². The summed E-state index contributed by atoms with van der Waals surface area (Å²) in [6.07, 6.45) is 1.42. The summed E-state index contributed by atoms with van der Waals surface area (Å²) in [5.74, 6) is 0.635. The van der Waals surface area contributed by atoms with Gasteiger partial charge in [-0.05, 0) is 44.2 Å². The molecule has 26 heavy (non-hydrogen) atoms. The standard InChI is InChI=1S/C19H18FN3O3/c1-12-9-16(13(2)26-12)19(25)21-7-8-23-11-22-17(10-18(23)24)14-3-5-15(20)6-4-14/h3-6,9-11H,7-8H2,1-2H3,(H,21,25). The molecule has 0 fully saturated rings. The van der Waals surface area contributed by atoms with Crippen molar-refractivity contribution in [3.05, 3.63) is 76.0 Å². The molecule has 0 aliphatic heterocycles. The van der Waals surface area contributed by atoms with E-state index in [-0.39, 0.29) is 30.4 Å². The van der Waals surface area contributed by atoms with Crippen LogP contribution >= 0.6 is 0 Å². The predicted octanol–water partition coefficient (Wildman–Crippen LogP) is 2.69. The first-order valence-corrected chi connectivity index (χ1v) is 8.11. The fourth-order valence-electron chi connectivity index (χ4n) is 2.61. The zero-order valence-electron chi connectivity index (χ0n) is 14.5. The minimum atomic E-state index is -0.346. The first-order chi connectivity index (χ1) is 12.4. The van der Waals surface area contributed by atoms with Crippen LogP contribution in [0.5, 0.6) is 0 Å². The van der Waals surface area contributed by atoms with E-state index < -0.39 is 0 Å². The molecule has 3 rings (SSSR count). The largest absolute Gasteiger partial charge is 0.466 e. The Hall–Kier alpha value is -3.22. The zero-order chi connectivity index (χ0) is 18.7. The summed E-state index contributed by atoms with van der Waals surface area (Å²) in [4.78, 5) is 28.5. The van der Waals surface area contributed by atoms with Gasteiger partial charge in [-0.3, -0.25) is 14.2 Å². The lowest BCUT2D eigenvalue weighted by Crippen LogP contribution is -2.30. The van der Waals surface area contributed by atoms with E-state index in [1.54, 1.807) is 32.0 Å². The van der Waals surface area contributed by atoms with Gasteiger partial charge < -0.3 is 9.73 Å². The molecule has 6 nitrogen and oxygen atoms in total. The van der Waals surface area contributed by atoms with Crippen LogP contribution in [0.3, 0.4) is 0 Å². The van der Waals surface area contributed by atoms with Gasteiger partial charge in [0.15, 0.2) is 0 Å². The quantitative estimate of drug-likeness (QED) is 0.763. The number of aromatic nitrogens is 2. The molecule has 1 aromatic carbocycles. The average Bonchev–Trinajstić information content (AvgIpc) is 2.95. The molecule has 134 valence electrons.